The number of hydrogen-bond donors (Lipinski definition) is 0. The number of piperidine rings is 1. The average molecular weight is 314 g/mol. The summed E-state index contributed by atoms with van der Waals surface area (Å²) in [6, 6.07) is 17.1. The lowest BCUT2D eigenvalue weighted by molar-refractivity contribution is 0.0783. The smallest absolute Gasteiger partial charge is 0.184 e. The van der Waals surface area contributed by atoms with Gasteiger partial charge in [-0.05, 0) is 55.8 Å². The van der Waals surface area contributed by atoms with Crippen LogP contribution in [-0.2, 0) is 0 Å². The van der Waals surface area contributed by atoms with Gasteiger partial charge in [-0.2, -0.15) is 0 Å². The molecule has 1 unspecified atom stereocenters. The highest BCUT2D eigenvalue weighted by molar-refractivity contribution is 6.30. The Kier molecular flexibility index (Phi) is 4.91. The third-order valence-electron chi connectivity index (χ3n) is 4.25. The zero-order valence-electron chi connectivity index (χ0n) is 12.5. The number of rotatable bonds is 4. The van der Waals surface area contributed by atoms with Crippen LogP contribution >= 0.6 is 11.6 Å². The van der Waals surface area contributed by atoms with Crippen LogP contribution in [0.3, 0.4) is 0 Å². The van der Waals surface area contributed by atoms with Crippen molar-refractivity contribution in [1.29, 1.82) is 0 Å². The Morgan fingerprint density at radius 3 is 2.18 bits per heavy atom. The van der Waals surface area contributed by atoms with Gasteiger partial charge in [0.25, 0.3) is 0 Å². The monoisotopic (exact) mass is 313 g/mol. The summed E-state index contributed by atoms with van der Waals surface area (Å²) in [5.74, 6) is 0.157. The number of hydrogen-bond acceptors (Lipinski definition) is 2. The summed E-state index contributed by atoms with van der Waals surface area (Å²) in [5, 5.41) is 0.658. The van der Waals surface area contributed by atoms with E-state index in [-0.39, 0.29) is 11.8 Å². The second kappa shape index (κ2) is 7.08. The SMILES string of the molecule is O=C(c1ccc(Cl)cc1)C(c1ccccc1)N1CCCCC1. The molecule has 1 heterocycles. The van der Waals surface area contributed by atoms with Gasteiger partial charge >= 0.3 is 0 Å². The molecule has 0 aliphatic carbocycles. The second-order valence-corrected chi connectivity index (χ2v) is 6.22. The average Bonchev–Trinajstić information content (AvgIpc) is 2.57. The summed E-state index contributed by atoms with van der Waals surface area (Å²) in [6.45, 7) is 1.97. The molecule has 0 aromatic heterocycles. The first-order chi connectivity index (χ1) is 10.8. The van der Waals surface area contributed by atoms with Gasteiger partial charge in [0.15, 0.2) is 5.78 Å². The van der Waals surface area contributed by atoms with E-state index in [1.54, 1.807) is 12.1 Å². The number of Topliss-reactive ketones (excluding diaryl/α,β-unsaturated/α-hetero) is 1. The molecule has 0 N–H and O–H groups in total. The molecule has 0 saturated carbocycles. The Balaban J connectivity index is 1.93. The second-order valence-electron chi connectivity index (χ2n) is 5.78. The molecule has 2 aromatic rings. The van der Waals surface area contributed by atoms with E-state index in [0.29, 0.717) is 5.02 Å². The third kappa shape index (κ3) is 3.40. The molecule has 1 saturated heterocycles. The fraction of sp³-hybridized carbons (Fsp3) is 0.316. The number of halogens is 1. The number of ketones is 1. The van der Waals surface area contributed by atoms with Crippen molar-refractivity contribution in [3.05, 3.63) is 70.7 Å². The number of likely N-dealkylation sites (tertiary alicyclic amines) is 1. The number of benzene rings is 2. The molecule has 2 nitrogen and oxygen atoms in total. The molecule has 114 valence electrons. The van der Waals surface area contributed by atoms with Gasteiger partial charge in [0.05, 0.1) is 6.04 Å². The highest BCUT2D eigenvalue weighted by atomic mass is 35.5. The maximum atomic E-state index is 13.1. The minimum atomic E-state index is -0.192. The van der Waals surface area contributed by atoms with Gasteiger partial charge in [-0.1, -0.05) is 48.4 Å². The van der Waals surface area contributed by atoms with Crippen LogP contribution < -0.4 is 0 Å². The van der Waals surface area contributed by atoms with E-state index < -0.39 is 0 Å². The van der Waals surface area contributed by atoms with Crippen LogP contribution in [0.2, 0.25) is 5.02 Å². The van der Waals surface area contributed by atoms with Crippen molar-refractivity contribution < 1.29 is 4.79 Å². The molecule has 0 radical (unpaired) electrons. The molecule has 2 aromatic carbocycles. The van der Waals surface area contributed by atoms with E-state index >= 15 is 0 Å². The van der Waals surface area contributed by atoms with Crippen molar-refractivity contribution in [2.45, 2.75) is 25.3 Å². The summed E-state index contributed by atoms with van der Waals surface area (Å²) in [5.41, 5.74) is 1.80. The third-order valence-corrected chi connectivity index (χ3v) is 4.50. The Morgan fingerprint density at radius 2 is 1.55 bits per heavy atom. The molecule has 0 bridgehead atoms. The maximum Gasteiger partial charge on any atom is 0.184 e. The number of nitrogens with zero attached hydrogens (tertiary/aromatic N) is 1. The van der Waals surface area contributed by atoms with Gasteiger partial charge in [0.2, 0.25) is 0 Å². The normalized spacial score (nSPS) is 17.1. The van der Waals surface area contributed by atoms with Gasteiger partial charge in [0.1, 0.15) is 0 Å². The number of carbonyl (C=O) groups is 1. The summed E-state index contributed by atoms with van der Waals surface area (Å²) in [4.78, 5) is 15.4. The summed E-state index contributed by atoms with van der Waals surface area (Å²) >= 11 is 5.94. The zero-order valence-corrected chi connectivity index (χ0v) is 13.3. The van der Waals surface area contributed by atoms with E-state index in [9.17, 15) is 4.79 Å². The molecular weight excluding hydrogens is 294 g/mol. The summed E-state index contributed by atoms with van der Waals surface area (Å²) in [7, 11) is 0. The first-order valence-corrected chi connectivity index (χ1v) is 8.22. The zero-order chi connectivity index (χ0) is 15.4. The first kappa shape index (κ1) is 15.3. The van der Waals surface area contributed by atoms with Crippen molar-refractivity contribution in [1.82, 2.24) is 4.90 Å². The molecule has 22 heavy (non-hydrogen) atoms. The minimum Gasteiger partial charge on any atom is -0.292 e. The van der Waals surface area contributed by atoms with Crippen LogP contribution in [-0.4, -0.2) is 23.8 Å². The van der Waals surface area contributed by atoms with E-state index in [2.05, 4.69) is 4.90 Å². The Labute approximate surface area is 136 Å². The van der Waals surface area contributed by atoms with E-state index in [0.717, 1.165) is 37.1 Å². The van der Waals surface area contributed by atoms with Gasteiger partial charge < -0.3 is 0 Å². The molecule has 1 aliphatic heterocycles. The van der Waals surface area contributed by atoms with Crippen LogP contribution in [0.25, 0.3) is 0 Å². The van der Waals surface area contributed by atoms with Crippen LogP contribution in [0, 0.1) is 0 Å². The van der Waals surface area contributed by atoms with Gasteiger partial charge in [-0.15, -0.1) is 0 Å². The lowest BCUT2D eigenvalue weighted by atomic mass is 9.94. The van der Waals surface area contributed by atoms with Gasteiger partial charge in [-0.3, -0.25) is 9.69 Å². The lowest BCUT2D eigenvalue weighted by Gasteiger charge is -2.34. The van der Waals surface area contributed by atoms with Gasteiger partial charge in [0, 0.05) is 10.6 Å². The largest absolute Gasteiger partial charge is 0.292 e. The molecule has 3 heteroatoms. The van der Waals surface area contributed by atoms with Crippen LogP contribution in [0.1, 0.15) is 41.2 Å². The van der Waals surface area contributed by atoms with Gasteiger partial charge in [-0.25, -0.2) is 0 Å². The molecule has 1 aliphatic rings. The van der Waals surface area contributed by atoms with Crippen molar-refractivity contribution >= 4 is 17.4 Å². The molecule has 1 fully saturated rings. The number of carbonyl (C=O) groups excluding carboxylic acids is 1. The summed E-state index contributed by atoms with van der Waals surface area (Å²) in [6.07, 6.45) is 3.58. The first-order valence-electron chi connectivity index (χ1n) is 7.84. The fourth-order valence-corrected chi connectivity index (χ4v) is 3.24. The maximum absolute atomic E-state index is 13.1. The van der Waals surface area contributed by atoms with Crippen LogP contribution in [0.4, 0.5) is 0 Å². The fourth-order valence-electron chi connectivity index (χ4n) is 3.11. The Hall–Kier alpha value is -1.64. The van der Waals surface area contributed by atoms with E-state index in [4.69, 9.17) is 11.6 Å². The predicted molar refractivity (Wildman–Crippen MR) is 90.4 cm³/mol. The predicted octanol–water partition coefficient (Wildman–Crippen LogP) is 4.75. The quantitative estimate of drug-likeness (QED) is 0.759. The minimum absolute atomic E-state index is 0.157. The van der Waals surface area contributed by atoms with Crippen LogP contribution in [0.15, 0.2) is 54.6 Å². The molecule has 3 rings (SSSR count). The van der Waals surface area contributed by atoms with Crippen molar-refractivity contribution in [2.75, 3.05) is 13.1 Å². The molecular formula is C19H20ClNO. The molecule has 1 atom stereocenters. The highest BCUT2D eigenvalue weighted by Crippen LogP contribution is 2.28. The van der Waals surface area contributed by atoms with E-state index in [1.807, 2.05) is 42.5 Å². The topological polar surface area (TPSA) is 20.3 Å². The van der Waals surface area contributed by atoms with Crippen LogP contribution in [0.5, 0.6) is 0 Å². The molecule has 0 amide bonds. The van der Waals surface area contributed by atoms with E-state index in [1.165, 1.54) is 6.42 Å². The lowest BCUT2D eigenvalue weighted by Crippen LogP contribution is -2.38. The Morgan fingerprint density at radius 1 is 0.909 bits per heavy atom. The highest BCUT2D eigenvalue weighted by Gasteiger charge is 2.29. The standard InChI is InChI=1S/C19H20ClNO/c20-17-11-9-16(10-12-17)19(22)18(15-7-3-1-4-8-15)21-13-5-2-6-14-21/h1,3-4,7-12,18H,2,5-6,13-14H2. The van der Waals surface area contributed by atoms with Crippen molar-refractivity contribution in [3.8, 4) is 0 Å². The Bertz CT molecular complexity index is 618. The summed E-state index contributed by atoms with van der Waals surface area (Å²) < 4.78 is 0. The van der Waals surface area contributed by atoms with Crippen molar-refractivity contribution in [3.63, 3.8) is 0 Å². The van der Waals surface area contributed by atoms with Crippen molar-refractivity contribution in [2.24, 2.45) is 0 Å². The molecule has 0 spiro atoms.